The summed E-state index contributed by atoms with van der Waals surface area (Å²) >= 11 is 5.97. The van der Waals surface area contributed by atoms with Crippen molar-refractivity contribution in [2.45, 2.75) is 32.0 Å². The number of likely N-dealkylation sites (tertiary alicyclic amines) is 1. The molecule has 1 aliphatic heterocycles. The van der Waals surface area contributed by atoms with E-state index in [0.717, 1.165) is 17.7 Å². The van der Waals surface area contributed by atoms with Crippen LogP contribution in [0.2, 0.25) is 5.02 Å². The van der Waals surface area contributed by atoms with Crippen LogP contribution in [0.1, 0.15) is 35.6 Å². The summed E-state index contributed by atoms with van der Waals surface area (Å²) in [7, 11) is 0. The molecule has 1 fully saturated rings. The van der Waals surface area contributed by atoms with Gasteiger partial charge in [0.2, 0.25) is 5.91 Å². The average Bonchev–Trinajstić information content (AvgIpc) is 3.12. The van der Waals surface area contributed by atoms with Crippen LogP contribution in [0.25, 0.3) is 0 Å². The van der Waals surface area contributed by atoms with Crippen LogP contribution in [-0.2, 0) is 15.8 Å². The van der Waals surface area contributed by atoms with Crippen molar-refractivity contribution < 1.29 is 27.5 Å². The number of carbonyl (C=O) groups excluding carboxylic acids is 2. The highest BCUT2D eigenvalue weighted by molar-refractivity contribution is 6.31. The van der Waals surface area contributed by atoms with Crippen molar-refractivity contribution in [3.8, 4) is 5.75 Å². The van der Waals surface area contributed by atoms with E-state index in [1.165, 1.54) is 12.1 Å². The molecule has 0 saturated carbocycles. The molecule has 0 aromatic heterocycles. The van der Waals surface area contributed by atoms with Gasteiger partial charge in [-0.2, -0.15) is 13.2 Å². The van der Waals surface area contributed by atoms with Crippen molar-refractivity contribution in [2.24, 2.45) is 0 Å². The van der Waals surface area contributed by atoms with Crippen molar-refractivity contribution in [2.75, 3.05) is 19.7 Å². The van der Waals surface area contributed by atoms with Gasteiger partial charge in [0.15, 0.2) is 6.61 Å². The molecule has 1 unspecified atom stereocenters. The first-order valence-electron chi connectivity index (χ1n) is 9.77. The van der Waals surface area contributed by atoms with Gasteiger partial charge in [-0.15, -0.1) is 0 Å². The van der Waals surface area contributed by atoms with Crippen LogP contribution in [0.5, 0.6) is 5.75 Å². The molecule has 2 aromatic rings. The third kappa shape index (κ3) is 6.13. The molecule has 5 nitrogen and oxygen atoms in total. The standard InChI is InChI=1S/C22H22ClF3N2O3/c1-14-10-17(7-8-18(14)23)31-13-20(29)27-19(12-28-9-3-6-21(28)30)15-4-2-5-16(11-15)22(24,25)26/h2,4-5,7-8,10-11,19H,3,6,9,12-13H2,1H3,(H,27,29). The van der Waals surface area contributed by atoms with Crippen LogP contribution in [0.3, 0.4) is 0 Å². The molecule has 1 aliphatic rings. The van der Waals surface area contributed by atoms with Gasteiger partial charge < -0.3 is 15.0 Å². The molecule has 1 saturated heterocycles. The smallest absolute Gasteiger partial charge is 0.416 e. The van der Waals surface area contributed by atoms with E-state index in [4.69, 9.17) is 16.3 Å². The molecular formula is C22H22ClF3N2O3. The molecule has 1 N–H and O–H groups in total. The number of rotatable bonds is 7. The van der Waals surface area contributed by atoms with Crippen LogP contribution in [0, 0.1) is 6.92 Å². The summed E-state index contributed by atoms with van der Waals surface area (Å²) in [6.45, 7) is 2.06. The summed E-state index contributed by atoms with van der Waals surface area (Å²) in [5, 5.41) is 3.27. The quantitative estimate of drug-likeness (QED) is 0.669. The number of amides is 2. The summed E-state index contributed by atoms with van der Waals surface area (Å²) in [6.07, 6.45) is -3.44. The van der Waals surface area contributed by atoms with Gasteiger partial charge in [0.1, 0.15) is 5.75 Å². The minimum atomic E-state index is -4.51. The van der Waals surface area contributed by atoms with E-state index in [-0.39, 0.29) is 24.6 Å². The van der Waals surface area contributed by atoms with Gasteiger partial charge in [0.05, 0.1) is 11.6 Å². The molecule has 1 atom stereocenters. The third-order valence-electron chi connectivity index (χ3n) is 5.03. The van der Waals surface area contributed by atoms with E-state index in [2.05, 4.69) is 5.32 Å². The SMILES string of the molecule is Cc1cc(OCC(=O)NC(CN2CCCC2=O)c2cccc(C(F)(F)F)c2)ccc1Cl. The molecule has 2 aromatic carbocycles. The predicted octanol–water partition coefficient (Wildman–Crippen LogP) is 4.53. The monoisotopic (exact) mass is 454 g/mol. The van der Waals surface area contributed by atoms with Crippen molar-refractivity contribution >= 4 is 23.4 Å². The third-order valence-corrected chi connectivity index (χ3v) is 5.45. The minimum Gasteiger partial charge on any atom is -0.484 e. The number of alkyl halides is 3. The van der Waals surface area contributed by atoms with Crippen molar-refractivity contribution in [1.29, 1.82) is 0 Å². The van der Waals surface area contributed by atoms with Gasteiger partial charge in [-0.05, 0) is 54.8 Å². The lowest BCUT2D eigenvalue weighted by Gasteiger charge is -2.26. The molecule has 0 spiro atoms. The number of benzene rings is 2. The second-order valence-electron chi connectivity index (χ2n) is 7.39. The zero-order valence-corrected chi connectivity index (χ0v) is 17.6. The van der Waals surface area contributed by atoms with Crippen molar-refractivity contribution in [3.63, 3.8) is 0 Å². The molecule has 1 heterocycles. The van der Waals surface area contributed by atoms with Crippen LogP contribution < -0.4 is 10.1 Å². The van der Waals surface area contributed by atoms with Gasteiger partial charge in [-0.25, -0.2) is 0 Å². The lowest BCUT2D eigenvalue weighted by atomic mass is 10.0. The second-order valence-corrected chi connectivity index (χ2v) is 7.79. The van der Waals surface area contributed by atoms with Crippen LogP contribution in [-0.4, -0.2) is 36.4 Å². The molecule has 0 aliphatic carbocycles. The minimum absolute atomic E-state index is 0.0842. The number of nitrogens with zero attached hydrogens (tertiary/aromatic N) is 1. The van der Waals surface area contributed by atoms with Gasteiger partial charge in [0, 0.05) is 24.5 Å². The lowest BCUT2D eigenvalue weighted by Crippen LogP contribution is -2.40. The number of hydrogen-bond donors (Lipinski definition) is 1. The number of hydrogen-bond acceptors (Lipinski definition) is 3. The Labute approximate surface area is 183 Å². The van der Waals surface area contributed by atoms with Crippen LogP contribution >= 0.6 is 11.6 Å². The fourth-order valence-electron chi connectivity index (χ4n) is 3.38. The van der Waals surface area contributed by atoms with Gasteiger partial charge in [0.25, 0.3) is 5.91 Å². The highest BCUT2D eigenvalue weighted by Crippen LogP contribution is 2.31. The maximum absolute atomic E-state index is 13.1. The molecule has 166 valence electrons. The van der Waals surface area contributed by atoms with Gasteiger partial charge in [-0.3, -0.25) is 9.59 Å². The van der Waals surface area contributed by atoms with Gasteiger partial charge in [-0.1, -0.05) is 23.7 Å². The highest BCUT2D eigenvalue weighted by atomic mass is 35.5. The summed E-state index contributed by atoms with van der Waals surface area (Å²) in [6, 6.07) is 8.91. The predicted molar refractivity (Wildman–Crippen MR) is 110 cm³/mol. The van der Waals surface area contributed by atoms with E-state index >= 15 is 0 Å². The largest absolute Gasteiger partial charge is 0.484 e. The molecular weight excluding hydrogens is 433 g/mol. The fourth-order valence-corrected chi connectivity index (χ4v) is 3.49. The Morgan fingerprint density at radius 1 is 1.26 bits per heavy atom. The van der Waals surface area contributed by atoms with Gasteiger partial charge >= 0.3 is 6.18 Å². The first-order valence-corrected chi connectivity index (χ1v) is 10.1. The number of ether oxygens (including phenoxy) is 1. The molecule has 9 heteroatoms. The highest BCUT2D eigenvalue weighted by Gasteiger charge is 2.32. The maximum atomic E-state index is 13.1. The molecule has 3 rings (SSSR count). The average molecular weight is 455 g/mol. The van der Waals surface area contributed by atoms with E-state index in [1.807, 2.05) is 0 Å². The van der Waals surface area contributed by atoms with Crippen molar-refractivity contribution in [3.05, 3.63) is 64.2 Å². The maximum Gasteiger partial charge on any atom is 0.416 e. The Hall–Kier alpha value is -2.74. The Balaban J connectivity index is 1.73. The zero-order chi connectivity index (χ0) is 22.6. The summed E-state index contributed by atoms with van der Waals surface area (Å²) in [4.78, 5) is 26.1. The summed E-state index contributed by atoms with van der Waals surface area (Å²) < 4.78 is 44.9. The first-order chi connectivity index (χ1) is 14.6. The van der Waals surface area contributed by atoms with Crippen LogP contribution in [0.15, 0.2) is 42.5 Å². The van der Waals surface area contributed by atoms with E-state index < -0.39 is 23.7 Å². The molecule has 31 heavy (non-hydrogen) atoms. The van der Waals surface area contributed by atoms with E-state index in [1.54, 1.807) is 30.0 Å². The number of carbonyl (C=O) groups is 2. The lowest BCUT2D eigenvalue weighted by molar-refractivity contribution is -0.137. The summed E-state index contributed by atoms with van der Waals surface area (Å²) in [5.41, 5.74) is 0.240. The molecule has 2 amide bonds. The topological polar surface area (TPSA) is 58.6 Å². The molecule has 0 radical (unpaired) electrons. The zero-order valence-electron chi connectivity index (χ0n) is 16.8. The Morgan fingerprint density at radius 2 is 2.03 bits per heavy atom. The molecule has 0 bridgehead atoms. The van der Waals surface area contributed by atoms with E-state index in [0.29, 0.717) is 30.2 Å². The Kier molecular flexibility index (Phi) is 7.10. The first kappa shape index (κ1) is 22.9. The number of nitrogens with one attached hydrogen (secondary N) is 1. The number of aryl methyl sites for hydroxylation is 1. The van der Waals surface area contributed by atoms with Crippen LogP contribution in [0.4, 0.5) is 13.2 Å². The Bertz CT molecular complexity index is 965. The van der Waals surface area contributed by atoms with E-state index in [9.17, 15) is 22.8 Å². The normalized spacial score (nSPS) is 15.1. The number of halogens is 4. The Morgan fingerprint density at radius 3 is 2.68 bits per heavy atom. The fraction of sp³-hybridized carbons (Fsp3) is 0.364. The summed E-state index contributed by atoms with van der Waals surface area (Å²) in [5.74, 6) is -0.150. The van der Waals surface area contributed by atoms with Crippen molar-refractivity contribution in [1.82, 2.24) is 10.2 Å². The second kappa shape index (κ2) is 9.60.